The molecule has 1 saturated heterocycles. The maximum atomic E-state index is 2.49. The van der Waals surface area contributed by atoms with E-state index in [0.717, 1.165) is 0 Å². The third kappa shape index (κ3) is 2.48. The minimum atomic E-state index is 0.333. The molecule has 2 nitrogen and oxygen atoms in total. The second-order valence-corrected chi connectivity index (χ2v) is 6.73. The summed E-state index contributed by atoms with van der Waals surface area (Å²) < 4.78 is 0. The summed E-state index contributed by atoms with van der Waals surface area (Å²) in [5.41, 5.74) is 0.755. The van der Waals surface area contributed by atoms with Crippen LogP contribution in [0.5, 0.6) is 0 Å². The third-order valence-electron chi connectivity index (χ3n) is 2.96. The molecule has 0 aromatic carbocycles. The van der Waals surface area contributed by atoms with Crippen molar-refractivity contribution < 1.29 is 0 Å². The van der Waals surface area contributed by atoms with Crippen molar-refractivity contribution in [3.63, 3.8) is 0 Å². The largest absolute Gasteiger partial charge is 0.290 e. The molecule has 0 spiro atoms. The highest BCUT2D eigenvalue weighted by Gasteiger charge is 2.40. The van der Waals surface area contributed by atoms with Gasteiger partial charge in [-0.05, 0) is 24.9 Å². The van der Waals surface area contributed by atoms with Crippen LogP contribution in [0.1, 0.15) is 34.6 Å². The average molecular weight is 198 g/mol. The molecule has 1 rings (SSSR count). The van der Waals surface area contributed by atoms with Crippen LogP contribution in [0.25, 0.3) is 0 Å². The molecule has 1 heterocycles. The summed E-state index contributed by atoms with van der Waals surface area (Å²) in [5, 5.41) is 0. The Kier molecular flexibility index (Phi) is 2.99. The lowest BCUT2D eigenvalue weighted by molar-refractivity contribution is -0.0762. The molecule has 0 N–H and O–H groups in total. The van der Waals surface area contributed by atoms with Gasteiger partial charge in [0.25, 0.3) is 0 Å². The molecule has 0 unspecified atom stereocenters. The van der Waals surface area contributed by atoms with Gasteiger partial charge in [0, 0.05) is 13.1 Å². The van der Waals surface area contributed by atoms with Crippen molar-refractivity contribution in [3.05, 3.63) is 0 Å². The normalized spacial score (nSPS) is 26.8. The van der Waals surface area contributed by atoms with Crippen molar-refractivity contribution in [2.45, 2.75) is 40.8 Å². The highest BCUT2D eigenvalue weighted by atomic mass is 15.4. The first-order valence-corrected chi connectivity index (χ1v) is 5.54. The van der Waals surface area contributed by atoms with E-state index in [1.54, 1.807) is 0 Å². The fourth-order valence-corrected chi connectivity index (χ4v) is 3.23. The Morgan fingerprint density at radius 3 is 1.64 bits per heavy atom. The average Bonchev–Trinajstić information content (AvgIpc) is 1.75. The molecule has 0 atom stereocenters. The summed E-state index contributed by atoms with van der Waals surface area (Å²) in [4.78, 5) is 4.98. The highest BCUT2D eigenvalue weighted by Crippen LogP contribution is 2.34. The number of hydrogen-bond donors (Lipinski definition) is 0. The van der Waals surface area contributed by atoms with Gasteiger partial charge in [-0.3, -0.25) is 9.80 Å². The standard InChI is InChI=1S/C12H26N2/c1-11(2,3)10-13(6)8-12(4,5)9-14(10)7/h10H,8-9H2,1-7H3. The predicted octanol–water partition coefficient (Wildman–Crippen LogP) is 2.26. The molecule has 0 radical (unpaired) electrons. The van der Waals surface area contributed by atoms with Crippen molar-refractivity contribution in [1.82, 2.24) is 9.80 Å². The Bertz CT molecular complexity index is 189. The molecule has 0 aromatic heterocycles. The molecule has 84 valence electrons. The topological polar surface area (TPSA) is 6.48 Å². The van der Waals surface area contributed by atoms with E-state index in [-0.39, 0.29) is 0 Å². The smallest absolute Gasteiger partial charge is 0.0667 e. The second-order valence-electron chi connectivity index (χ2n) is 6.73. The summed E-state index contributed by atoms with van der Waals surface area (Å²) in [7, 11) is 4.49. The molecule has 14 heavy (non-hydrogen) atoms. The van der Waals surface area contributed by atoms with Gasteiger partial charge < -0.3 is 0 Å². The van der Waals surface area contributed by atoms with Crippen LogP contribution in [0.2, 0.25) is 0 Å². The quantitative estimate of drug-likeness (QED) is 0.589. The van der Waals surface area contributed by atoms with E-state index < -0.39 is 0 Å². The van der Waals surface area contributed by atoms with Gasteiger partial charge in [0.1, 0.15) is 0 Å². The lowest BCUT2D eigenvalue weighted by atomic mass is 9.83. The first kappa shape index (κ1) is 12.0. The van der Waals surface area contributed by atoms with E-state index in [0.29, 0.717) is 17.0 Å². The summed E-state index contributed by atoms with van der Waals surface area (Å²) in [5.74, 6) is 0. The summed E-state index contributed by atoms with van der Waals surface area (Å²) >= 11 is 0. The molecule has 1 aliphatic rings. The molecule has 0 bridgehead atoms. The van der Waals surface area contributed by atoms with E-state index in [1.165, 1.54) is 13.1 Å². The summed E-state index contributed by atoms with van der Waals surface area (Å²) in [6, 6.07) is 0. The third-order valence-corrected chi connectivity index (χ3v) is 2.96. The zero-order valence-electron chi connectivity index (χ0n) is 10.9. The molecule has 1 fully saturated rings. The summed E-state index contributed by atoms with van der Waals surface area (Å²) in [6.45, 7) is 14.0. The van der Waals surface area contributed by atoms with Gasteiger partial charge >= 0.3 is 0 Å². The molecule has 0 amide bonds. The molecule has 2 heteroatoms. The number of hydrogen-bond acceptors (Lipinski definition) is 2. The van der Waals surface area contributed by atoms with Gasteiger partial charge in [-0.25, -0.2) is 0 Å². The number of rotatable bonds is 0. The minimum absolute atomic E-state index is 0.333. The van der Waals surface area contributed by atoms with Gasteiger partial charge in [0.2, 0.25) is 0 Å². The van der Waals surface area contributed by atoms with Gasteiger partial charge in [-0.15, -0.1) is 0 Å². The second kappa shape index (κ2) is 3.49. The fraction of sp³-hybridized carbons (Fsp3) is 1.00. The van der Waals surface area contributed by atoms with Gasteiger partial charge in [-0.2, -0.15) is 0 Å². The monoisotopic (exact) mass is 198 g/mol. The fourth-order valence-electron chi connectivity index (χ4n) is 3.23. The minimum Gasteiger partial charge on any atom is -0.290 e. The van der Waals surface area contributed by atoms with Crippen LogP contribution in [-0.4, -0.2) is 43.2 Å². The number of nitrogens with zero attached hydrogens (tertiary/aromatic N) is 2. The summed E-state index contributed by atoms with van der Waals surface area (Å²) in [6.07, 6.45) is 0.565. The van der Waals surface area contributed by atoms with Gasteiger partial charge in [-0.1, -0.05) is 34.6 Å². The Hall–Kier alpha value is -0.0800. The van der Waals surface area contributed by atoms with E-state index >= 15 is 0 Å². The van der Waals surface area contributed by atoms with Gasteiger partial charge in [0.15, 0.2) is 0 Å². The van der Waals surface area contributed by atoms with E-state index in [9.17, 15) is 0 Å². The zero-order valence-corrected chi connectivity index (χ0v) is 10.9. The SMILES string of the molecule is CN1CC(C)(C)CN(C)C1C(C)(C)C. The van der Waals surface area contributed by atoms with Crippen LogP contribution in [0, 0.1) is 10.8 Å². The molecule has 0 aromatic rings. The van der Waals surface area contributed by atoms with Crippen molar-refractivity contribution in [2.24, 2.45) is 10.8 Å². The lowest BCUT2D eigenvalue weighted by Gasteiger charge is -2.52. The highest BCUT2D eigenvalue weighted by molar-refractivity contribution is 4.90. The van der Waals surface area contributed by atoms with Crippen molar-refractivity contribution >= 4 is 0 Å². The Labute approximate surface area is 89.3 Å². The van der Waals surface area contributed by atoms with Gasteiger partial charge in [0.05, 0.1) is 6.17 Å². The van der Waals surface area contributed by atoms with Crippen LogP contribution >= 0.6 is 0 Å². The maximum Gasteiger partial charge on any atom is 0.0667 e. The van der Waals surface area contributed by atoms with Crippen LogP contribution in [-0.2, 0) is 0 Å². The Balaban J connectivity index is 2.81. The maximum absolute atomic E-state index is 2.49. The van der Waals surface area contributed by atoms with E-state index in [4.69, 9.17) is 0 Å². The van der Waals surface area contributed by atoms with Crippen molar-refractivity contribution in [1.29, 1.82) is 0 Å². The molecule has 0 aliphatic carbocycles. The zero-order chi connectivity index (χ0) is 11.1. The predicted molar refractivity (Wildman–Crippen MR) is 62.3 cm³/mol. The Morgan fingerprint density at radius 2 is 1.36 bits per heavy atom. The molecule has 0 saturated carbocycles. The van der Waals surface area contributed by atoms with Crippen LogP contribution in [0.15, 0.2) is 0 Å². The van der Waals surface area contributed by atoms with Crippen LogP contribution in [0.3, 0.4) is 0 Å². The van der Waals surface area contributed by atoms with Crippen molar-refractivity contribution in [3.8, 4) is 0 Å². The lowest BCUT2D eigenvalue weighted by Crippen LogP contribution is -2.61. The molecule has 1 aliphatic heterocycles. The van der Waals surface area contributed by atoms with E-state index in [2.05, 4.69) is 58.5 Å². The van der Waals surface area contributed by atoms with Crippen LogP contribution in [0.4, 0.5) is 0 Å². The van der Waals surface area contributed by atoms with Crippen molar-refractivity contribution in [2.75, 3.05) is 27.2 Å². The molecular weight excluding hydrogens is 172 g/mol. The molecular formula is C12H26N2. The van der Waals surface area contributed by atoms with E-state index in [1.807, 2.05) is 0 Å². The Morgan fingerprint density at radius 1 is 1.00 bits per heavy atom. The first-order valence-electron chi connectivity index (χ1n) is 5.54. The van der Waals surface area contributed by atoms with Crippen LogP contribution < -0.4 is 0 Å². The first-order chi connectivity index (χ1) is 6.13.